The van der Waals surface area contributed by atoms with Gasteiger partial charge in [0.15, 0.2) is 0 Å². The molecule has 0 saturated heterocycles. The molecule has 2 aromatic rings. The van der Waals surface area contributed by atoms with E-state index < -0.39 is 35.0 Å². The van der Waals surface area contributed by atoms with Crippen molar-refractivity contribution in [3.8, 4) is 10.6 Å². The minimum atomic E-state index is -6.48. The average Bonchev–Trinajstić information content (AvgIpc) is 2.90. The molecule has 0 aliphatic carbocycles. The Bertz CT molecular complexity index is 716. The summed E-state index contributed by atoms with van der Waals surface area (Å²) in [6.07, 6.45) is -6.48. The van der Waals surface area contributed by atoms with E-state index >= 15 is 0 Å². The first-order valence-corrected chi connectivity index (χ1v) is 6.36. The van der Waals surface area contributed by atoms with Gasteiger partial charge in [0.1, 0.15) is 5.76 Å². The average molecular weight is 346 g/mol. The first-order chi connectivity index (χ1) is 9.97. The van der Waals surface area contributed by atoms with Crippen molar-refractivity contribution in [3.63, 3.8) is 0 Å². The van der Waals surface area contributed by atoms with Gasteiger partial charge in [-0.15, -0.1) is 11.3 Å². The van der Waals surface area contributed by atoms with Crippen LogP contribution in [0.25, 0.3) is 10.6 Å². The quantitative estimate of drug-likeness (QED) is 0.757. The third-order valence-corrected chi connectivity index (χ3v) is 3.53. The topological polar surface area (TPSA) is 30.2 Å². The molecule has 0 amide bonds. The summed E-state index contributed by atoms with van der Waals surface area (Å²) in [7, 11) is 0. The Balaban J connectivity index is 2.60. The van der Waals surface area contributed by atoms with Crippen molar-refractivity contribution in [1.29, 1.82) is 0 Å². The Hall–Kier alpha value is -1.84. The second-order valence-electron chi connectivity index (χ2n) is 4.15. The Labute approximate surface area is 121 Å². The Morgan fingerprint density at radius 1 is 1.00 bits per heavy atom. The van der Waals surface area contributed by atoms with Crippen LogP contribution in [0.3, 0.4) is 0 Å². The molecule has 2 nitrogen and oxygen atoms in total. The molecule has 2 heterocycles. The highest BCUT2D eigenvalue weighted by Gasteiger charge is 2.73. The van der Waals surface area contributed by atoms with Gasteiger partial charge in [-0.1, -0.05) is 6.07 Å². The van der Waals surface area contributed by atoms with Crippen molar-refractivity contribution in [2.24, 2.45) is 0 Å². The Morgan fingerprint density at radius 3 is 2.14 bits per heavy atom. The number of rotatable bonds is 3. The van der Waals surface area contributed by atoms with Crippen LogP contribution in [0.1, 0.15) is 5.56 Å². The molecule has 0 aliphatic rings. The molecular weight excluding hydrogens is 341 g/mol. The summed E-state index contributed by atoms with van der Waals surface area (Å²) in [4.78, 5) is 11.3. The fourth-order valence-corrected chi connectivity index (χ4v) is 2.24. The Kier molecular flexibility index (Phi) is 3.84. The van der Waals surface area contributed by atoms with Gasteiger partial charge in [0.2, 0.25) is 0 Å². The molecule has 0 atom stereocenters. The molecule has 0 N–H and O–H groups in total. The molecule has 0 aliphatic heterocycles. The van der Waals surface area contributed by atoms with Crippen LogP contribution in [-0.4, -0.2) is 12.1 Å². The van der Waals surface area contributed by atoms with Gasteiger partial charge >= 0.3 is 23.6 Å². The highest BCUT2D eigenvalue weighted by atomic mass is 32.1. The first kappa shape index (κ1) is 16.5. The van der Waals surface area contributed by atoms with E-state index in [1.54, 1.807) is 0 Å². The van der Waals surface area contributed by atoms with Crippen LogP contribution in [0.4, 0.5) is 30.7 Å². The lowest BCUT2D eigenvalue weighted by Gasteiger charge is -2.28. The van der Waals surface area contributed by atoms with Crippen molar-refractivity contribution >= 4 is 11.3 Å². The molecule has 0 radical (unpaired) electrons. The van der Waals surface area contributed by atoms with Crippen molar-refractivity contribution in [1.82, 2.24) is 0 Å². The molecule has 2 rings (SSSR count). The lowest BCUT2D eigenvalue weighted by molar-refractivity contribution is -0.359. The van der Waals surface area contributed by atoms with Crippen LogP contribution in [0, 0.1) is 0 Å². The van der Waals surface area contributed by atoms with Gasteiger partial charge in [-0.2, -0.15) is 30.7 Å². The van der Waals surface area contributed by atoms with Gasteiger partial charge in [0.25, 0.3) is 0 Å². The smallest absolute Gasteiger partial charge is 0.422 e. The van der Waals surface area contributed by atoms with Gasteiger partial charge in [0.05, 0.1) is 4.88 Å². The predicted molar refractivity (Wildman–Crippen MR) is 63.2 cm³/mol. The summed E-state index contributed by atoms with van der Waals surface area (Å²) in [5.41, 5.74) is -3.23. The van der Waals surface area contributed by atoms with Crippen molar-refractivity contribution in [2.45, 2.75) is 18.0 Å². The van der Waals surface area contributed by atoms with Crippen molar-refractivity contribution in [3.05, 3.63) is 45.6 Å². The normalized spacial score (nSPS) is 13.4. The van der Waals surface area contributed by atoms with Crippen molar-refractivity contribution in [2.75, 3.05) is 0 Å². The molecular formula is C12H5F7O2S. The largest absolute Gasteiger partial charge is 0.460 e. The number of hydrogen-bond donors (Lipinski definition) is 0. The van der Waals surface area contributed by atoms with Crippen LogP contribution in [0.2, 0.25) is 0 Å². The maximum Gasteiger partial charge on any atom is 0.460 e. The van der Waals surface area contributed by atoms with Gasteiger partial charge in [-0.3, -0.25) is 0 Å². The molecule has 0 bridgehead atoms. The van der Waals surface area contributed by atoms with E-state index in [0.717, 1.165) is 11.3 Å². The number of alkyl halides is 7. The molecule has 0 fully saturated rings. The zero-order valence-electron chi connectivity index (χ0n) is 10.3. The SMILES string of the molecule is O=c1cc(C(F)(F)C(F)(F)C(F)(F)F)cc(-c2cccs2)o1. The zero-order valence-corrected chi connectivity index (χ0v) is 11.1. The first-order valence-electron chi connectivity index (χ1n) is 5.49. The second-order valence-corrected chi connectivity index (χ2v) is 5.10. The van der Waals surface area contributed by atoms with Gasteiger partial charge < -0.3 is 4.42 Å². The molecule has 10 heteroatoms. The fraction of sp³-hybridized carbons (Fsp3) is 0.250. The van der Waals surface area contributed by atoms with Crippen LogP contribution < -0.4 is 5.63 Å². The summed E-state index contributed by atoms with van der Waals surface area (Å²) in [5, 5.41) is 1.48. The summed E-state index contributed by atoms with van der Waals surface area (Å²) >= 11 is 0.930. The fourth-order valence-electron chi connectivity index (χ4n) is 1.56. The molecule has 0 saturated carbocycles. The van der Waals surface area contributed by atoms with Gasteiger partial charge in [0, 0.05) is 11.6 Å². The van der Waals surface area contributed by atoms with Crippen LogP contribution >= 0.6 is 11.3 Å². The second kappa shape index (κ2) is 5.11. The molecule has 22 heavy (non-hydrogen) atoms. The van der Waals surface area contributed by atoms with E-state index in [2.05, 4.69) is 4.42 Å². The number of thiophene rings is 1. The summed E-state index contributed by atoms with van der Waals surface area (Å²) in [6, 6.07) is 2.99. The zero-order chi connectivity index (χ0) is 16.8. The van der Waals surface area contributed by atoms with Gasteiger partial charge in [-0.05, 0) is 17.5 Å². The van der Waals surface area contributed by atoms with E-state index in [0.29, 0.717) is 6.07 Å². The standard InChI is InChI=1S/C12H5F7O2S/c13-10(14,11(15,16)12(17,18)19)6-4-7(21-9(20)5-6)8-2-1-3-22-8/h1-5H. The van der Waals surface area contributed by atoms with E-state index in [1.165, 1.54) is 17.5 Å². The van der Waals surface area contributed by atoms with Crippen molar-refractivity contribution < 1.29 is 35.2 Å². The van der Waals surface area contributed by atoms with E-state index in [-0.39, 0.29) is 10.9 Å². The predicted octanol–water partition coefficient (Wildman–Crippen LogP) is 4.66. The summed E-state index contributed by atoms with van der Waals surface area (Å²) in [6.45, 7) is 0. The highest BCUT2D eigenvalue weighted by Crippen LogP contribution is 2.51. The lowest BCUT2D eigenvalue weighted by Crippen LogP contribution is -2.50. The minimum Gasteiger partial charge on any atom is -0.422 e. The lowest BCUT2D eigenvalue weighted by atomic mass is 10.0. The van der Waals surface area contributed by atoms with E-state index in [1.807, 2.05) is 0 Å². The highest BCUT2D eigenvalue weighted by molar-refractivity contribution is 7.13. The maximum atomic E-state index is 13.6. The summed E-state index contributed by atoms with van der Waals surface area (Å²) < 4.78 is 94.2. The third-order valence-electron chi connectivity index (χ3n) is 2.65. The third kappa shape index (κ3) is 2.62. The summed E-state index contributed by atoms with van der Waals surface area (Å²) in [5.74, 6) is -12.5. The van der Waals surface area contributed by atoms with E-state index in [9.17, 15) is 35.5 Å². The van der Waals surface area contributed by atoms with E-state index in [4.69, 9.17) is 0 Å². The number of halogens is 7. The Morgan fingerprint density at radius 2 is 1.64 bits per heavy atom. The molecule has 120 valence electrons. The van der Waals surface area contributed by atoms with Gasteiger partial charge in [-0.25, -0.2) is 4.79 Å². The molecule has 0 unspecified atom stereocenters. The molecule has 0 aromatic carbocycles. The minimum absolute atomic E-state index is 0.0866. The maximum absolute atomic E-state index is 13.6. The van der Waals surface area contributed by atoms with Crippen LogP contribution in [0.5, 0.6) is 0 Å². The van der Waals surface area contributed by atoms with Crippen LogP contribution in [0.15, 0.2) is 38.9 Å². The molecule has 2 aromatic heterocycles. The molecule has 0 spiro atoms. The van der Waals surface area contributed by atoms with Crippen LogP contribution in [-0.2, 0) is 5.92 Å². The monoisotopic (exact) mass is 346 g/mol. The number of hydrogen-bond acceptors (Lipinski definition) is 3.